The van der Waals surface area contributed by atoms with E-state index in [-0.39, 0.29) is 5.57 Å². The third-order valence-corrected chi connectivity index (χ3v) is 2.01. The number of hydrogen-bond acceptors (Lipinski definition) is 3. The molecule has 0 aromatic rings. The highest BCUT2D eigenvalue weighted by atomic mass is 16.2. The minimum Gasteiger partial charge on any atom is -0.288 e. The number of nitrogens with one attached hydrogen (secondary N) is 1. The third kappa shape index (κ3) is 1.44. The summed E-state index contributed by atoms with van der Waals surface area (Å²) in [6, 6.07) is 0. The van der Waals surface area contributed by atoms with E-state index in [4.69, 9.17) is 0 Å². The summed E-state index contributed by atoms with van der Waals surface area (Å²) in [5.41, 5.74) is 0.834. The van der Waals surface area contributed by atoms with Crippen molar-refractivity contribution in [3.8, 4) is 0 Å². The van der Waals surface area contributed by atoms with Crippen molar-refractivity contribution in [2.45, 2.75) is 20.3 Å². The van der Waals surface area contributed by atoms with Crippen molar-refractivity contribution < 1.29 is 14.4 Å². The molecule has 0 aromatic heterocycles. The minimum atomic E-state index is -0.658. The fourth-order valence-electron chi connectivity index (χ4n) is 1.28. The Morgan fingerprint density at radius 1 is 1.31 bits per heavy atom. The molecule has 1 aliphatic heterocycles. The zero-order chi connectivity index (χ0) is 10.0. The smallest absolute Gasteiger partial charge is 0.269 e. The molecule has 1 heterocycles. The molecule has 1 aliphatic rings. The van der Waals surface area contributed by atoms with Crippen LogP contribution in [0.3, 0.4) is 0 Å². The Bertz CT molecular complexity index is 359. The largest absolute Gasteiger partial charge is 0.288 e. The van der Waals surface area contributed by atoms with Crippen molar-refractivity contribution in [1.29, 1.82) is 0 Å². The molecule has 0 saturated heterocycles. The van der Waals surface area contributed by atoms with Crippen molar-refractivity contribution in [3.63, 3.8) is 0 Å². The van der Waals surface area contributed by atoms with Gasteiger partial charge >= 0.3 is 0 Å². The molecule has 2 amide bonds. The molecule has 4 heteroatoms. The maximum Gasteiger partial charge on any atom is 0.269 e. The van der Waals surface area contributed by atoms with Crippen LogP contribution in [0.5, 0.6) is 0 Å². The van der Waals surface area contributed by atoms with E-state index < -0.39 is 11.8 Å². The van der Waals surface area contributed by atoms with E-state index in [1.807, 2.05) is 0 Å². The second-order valence-electron chi connectivity index (χ2n) is 2.72. The molecule has 0 spiro atoms. The maximum atomic E-state index is 11.2. The van der Waals surface area contributed by atoms with Gasteiger partial charge in [0.2, 0.25) is 0 Å². The summed E-state index contributed by atoms with van der Waals surface area (Å²) in [4.78, 5) is 32.6. The van der Waals surface area contributed by atoms with Gasteiger partial charge in [0, 0.05) is 5.57 Å². The lowest BCUT2D eigenvalue weighted by atomic mass is 9.96. The van der Waals surface area contributed by atoms with Crippen LogP contribution in [-0.2, 0) is 14.4 Å². The molecule has 0 bridgehead atoms. The number of hydrogen-bond donors (Lipinski definition) is 1. The van der Waals surface area contributed by atoms with Gasteiger partial charge in [0.05, 0.1) is 0 Å². The SMILES string of the molecule is CCC1=C(C)C(=C=O)C(=O)NC1=O. The molecule has 0 unspecified atom stereocenters. The van der Waals surface area contributed by atoms with Gasteiger partial charge in [-0.2, -0.15) is 0 Å². The number of rotatable bonds is 1. The number of carbonyl (C=O) groups excluding carboxylic acids is 3. The van der Waals surface area contributed by atoms with E-state index in [0.717, 1.165) is 0 Å². The molecular weight excluding hydrogens is 170 g/mol. The zero-order valence-corrected chi connectivity index (χ0v) is 7.43. The first-order valence-electron chi connectivity index (χ1n) is 3.92. The molecule has 0 aromatic carbocycles. The highest BCUT2D eigenvalue weighted by molar-refractivity contribution is 6.19. The average molecular weight is 179 g/mol. The van der Waals surface area contributed by atoms with Crippen molar-refractivity contribution in [2.24, 2.45) is 0 Å². The third-order valence-electron chi connectivity index (χ3n) is 2.01. The standard InChI is InChI=1S/C9H9NO3/c1-3-6-5(2)7(4-11)9(13)10-8(6)12/h3H2,1-2H3,(H,10,12,13). The fraction of sp³-hybridized carbons (Fsp3) is 0.333. The van der Waals surface area contributed by atoms with Crippen LogP contribution in [-0.4, -0.2) is 17.8 Å². The van der Waals surface area contributed by atoms with Gasteiger partial charge in [-0.25, -0.2) is 4.79 Å². The van der Waals surface area contributed by atoms with Crippen LogP contribution in [0.2, 0.25) is 0 Å². The van der Waals surface area contributed by atoms with Crippen molar-refractivity contribution in [2.75, 3.05) is 0 Å². The van der Waals surface area contributed by atoms with Gasteiger partial charge in [-0.3, -0.25) is 14.9 Å². The lowest BCUT2D eigenvalue weighted by Gasteiger charge is -2.15. The summed E-state index contributed by atoms with van der Waals surface area (Å²) in [5.74, 6) is 0.462. The van der Waals surface area contributed by atoms with Gasteiger partial charge in [0.25, 0.3) is 11.8 Å². The highest BCUT2D eigenvalue weighted by Gasteiger charge is 2.26. The Balaban J connectivity index is 3.32. The molecular formula is C9H9NO3. The van der Waals surface area contributed by atoms with Crippen LogP contribution in [0.4, 0.5) is 0 Å². The summed E-state index contributed by atoms with van der Waals surface area (Å²) < 4.78 is 0. The minimum absolute atomic E-state index is 0.0727. The predicted molar refractivity (Wildman–Crippen MR) is 45.3 cm³/mol. The van der Waals surface area contributed by atoms with E-state index in [1.54, 1.807) is 13.8 Å². The summed E-state index contributed by atoms with van der Waals surface area (Å²) >= 11 is 0. The normalized spacial score (nSPS) is 17.2. The van der Waals surface area contributed by atoms with Crippen LogP contribution in [0, 0.1) is 0 Å². The first-order chi connectivity index (χ1) is 6.11. The van der Waals surface area contributed by atoms with E-state index in [2.05, 4.69) is 5.32 Å². The van der Waals surface area contributed by atoms with Gasteiger partial charge < -0.3 is 0 Å². The summed E-state index contributed by atoms with van der Waals surface area (Å²) in [7, 11) is 0. The Labute approximate surface area is 75.3 Å². The first-order valence-corrected chi connectivity index (χ1v) is 3.92. The Kier molecular flexibility index (Phi) is 2.44. The highest BCUT2D eigenvalue weighted by Crippen LogP contribution is 2.19. The summed E-state index contributed by atoms with van der Waals surface area (Å²) in [6.45, 7) is 3.37. The predicted octanol–water partition coefficient (Wildman–Crippen LogP) is 0.127. The van der Waals surface area contributed by atoms with E-state index in [9.17, 15) is 14.4 Å². The molecule has 1 N–H and O–H groups in total. The van der Waals surface area contributed by atoms with Crippen molar-refractivity contribution >= 4 is 17.8 Å². The van der Waals surface area contributed by atoms with Crippen molar-refractivity contribution in [3.05, 3.63) is 16.7 Å². The van der Waals surface area contributed by atoms with Crippen molar-refractivity contribution in [1.82, 2.24) is 5.32 Å². The van der Waals surface area contributed by atoms with E-state index >= 15 is 0 Å². The molecule has 4 nitrogen and oxygen atoms in total. The van der Waals surface area contributed by atoms with Crippen LogP contribution < -0.4 is 5.32 Å². The van der Waals surface area contributed by atoms with Crippen LogP contribution in [0.25, 0.3) is 0 Å². The molecule has 68 valence electrons. The number of amides is 2. The Morgan fingerprint density at radius 3 is 2.38 bits per heavy atom. The lowest BCUT2D eigenvalue weighted by Crippen LogP contribution is -2.38. The molecule has 0 saturated carbocycles. The Hall–Kier alpha value is -1.67. The average Bonchev–Trinajstić information content (AvgIpc) is 2.04. The zero-order valence-electron chi connectivity index (χ0n) is 7.43. The second-order valence-corrected chi connectivity index (χ2v) is 2.72. The van der Waals surface area contributed by atoms with Crippen LogP contribution in [0.1, 0.15) is 20.3 Å². The molecule has 0 radical (unpaired) electrons. The molecule has 0 atom stereocenters. The molecule has 0 aliphatic carbocycles. The maximum absolute atomic E-state index is 11.2. The second kappa shape index (κ2) is 3.37. The summed E-state index contributed by atoms with van der Waals surface area (Å²) in [6.07, 6.45) is 0.496. The lowest BCUT2D eigenvalue weighted by molar-refractivity contribution is -0.126. The fourth-order valence-corrected chi connectivity index (χ4v) is 1.28. The van der Waals surface area contributed by atoms with Gasteiger partial charge in [-0.05, 0) is 18.9 Å². The van der Waals surface area contributed by atoms with Gasteiger partial charge in [0.15, 0.2) is 0 Å². The van der Waals surface area contributed by atoms with Gasteiger partial charge in [0.1, 0.15) is 11.5 Å². The topological polar surface area (TPSA) is 63.2 Å². The number of carbonyl (C=O) groups is 2. The molecule has 1 rings (SSSR count). The number of imide groups is 1. The van der Waals surface area contributed by atoms with E-state index in [1.165, 1.54) is 5.94 Å². The molecule has 0 fully saturated rings. The van der Waals surface area contributed by atoms with Crippen LogP contribution in [0.15, 0.2) is 16.7 Å². The van der Waals surface area contributed by atoms with Crippen LogP contribution >= 0.6 is 0 Å². The Morgan fingerprint density at radius 2 is 1.92 bits per heavy atom. The summed E-state index contributed by atoms with van der Waals surface area (Å²) in [5, 5.41) is 2.08. The van der Waals surface area contributed by atoms with E-state index in [0.29, 0.717) is 17.6 Å². The molecule has 13 heavy (non-hydrogen) atoms. The monoisotopic (exact) mass is 179 g/mol. The first kappa shape index (κ1) is 9.42. The van der Waals surface area contributed by atoms with Gasteiger partial charge in [-0.15, -0.1) is 0 Å². The van der Waals surface area contributed by atoms with Gasteiger partial charge in [-0.1, -0.05) is 6.92 Å². The quantitative estimate of drug-likeness (QED) is 0.353.